The van der Waals surface area contributed by atoms with Crippen molar-refractivity contribution in [1.29, 1.82) is 0 Å². The Morgan fingerprint density at radius 3 is 2.54 bits per heavy atom. The van der Waals surface area contributed by atoms with E-state index < -0.39 is 23.5 Å². The van der Waals surface area contributed by atoms with Crippen molar-refractivity contribution >= 4 is 33.6 Å². The molecule has 1 atom stereocenters. The number of nitrogens with one attached hydrogen (secondary N) is 1. The van der Waals surface area contributed by atoms with Crippen LogP contribution in [-0.2, 0) is 9.59 Å². The average molecular weight is 354 g/mol. The van der Waals surface area contributed by atoms with Crippen LogP contribution in [0.1, 0.15) is 12.5 Å². The highest BCUT2D eigenvalue weighted by Crippen LogP contribution is 2.30. The van der Waals surface area contributed by atoms with E-state index in [1.165, 1.54) is 6.92 Å². The summed E-state index contributed by atoms with van der Waals surface area (Å²) in [4.78, 5) is 34.5. The Balaban J connectivity index is 1.90. The monoisotopic (exact) mass is 354 g/mol. The van der Waals surface area contributed by atoms with Crippen molar-refractivity contribution in [3.8, 4) is 5.75 Å². The second-order valence-electron chi connectivity index (χ2n) is 5.90. The van der Waals surface area contributed by atoms with Gasteiger partial charge in [-0.15, -0.1) is 0 Å². The fourth-order valence-corrected chi connectivity index (χ4v) is 2.70. The molecule has 1 heterocycles. The number of amides is 1. The van der Waals surface area contributed by atoms with E-state index in [9.17, 15) is 19.5 Å². The minimum Gasteiger partial charge on any atom is -0.548 e. The maximum atomic E-state index is 12.2. The lowest BCUT2D eigenvalue weighted by atomic mass is 10.0. The number of ether oxygens (including phenoxy) is 1. The zero-order valence-electron chi connectivity index (χ0n) is 14.2. The topological polar surface area (TPSA) is 109 Å². The lowest BCUT2D eigenvalue weighted by Gasteiger charge is -2.15. The van der Waals surface area contributed by atoms with Gasteiger partial charge in [-0.2, -0.15) is 0 Å². The van der Waals surface area contributed by atoms with Gasteiger partial charge in [-0.3, -0.25) is 4.79 Å². The van der Waals surface area contributed by atoms with Gasteiger partial charge in [0.2, 0.25) is 0 Å². The number of rotatable bonds is 5. The van der Waals surface area contributed by atoms with Crippen LogP contribution in [0.15, 0.2) is 45.6 Å². The highest BCUT2D eigenvalue weighted by atomic mass is 16.5. The van der Waals surface area contributed by atoms with E-state index in [1.54, 1.807) is 31.2 Å². The Kier molecular flexibility index (Phi) is 4.62. The lowest BCUT2D eigenvalue weighted by molar-refractivity contribution is -0.307. The van der Waals surface area contributed by atoms with Crippen molar-refractivity contribution in [1.82, 2.24) is 5.32 Å². The molecule has 0 saturated carbocycles. The van der Waals surface area contributed by atoms with Gasteiger partial charge in [-0.1, -0.05) is 18.2 Å². The summed E-state index contributed by atoms with van der Waals surface area (Å²) in [5, 5.41) is 14.9. The third-order valence-corrected chi connectivity index (χ3v) is 4.08. The SMILES string of the molecule is Cc1c(OCC(=O)N[C@@H](C)C(=O)[O-])ccc2c1oc(=O)c1ccccc12. The molecule has 0 aliphatic carbocycles. The first kappa shape index (κ1) is 17.5. The second-order valence-corrected chi connectivity index (χ2v) is 5.90. The zero-order chi connectivity index (χ0) is 18.8. The molecule has 2 aromatic carbocycles. The van der Waals surface area contributed by atoms with Gasteiger partial charge in [0.25, 0.3) is 5.91 Å². The summed E-state index contributed by atoms with van der Waals surface area (Å²) in [5.41, 5.74) is 0.509. The predicted octanol–water partition coefficient (Wildman–Crippen LogP) is 0.888. The Bertz CT molecular complexity index is 1070. The molecule has 1 aromatic heterocycles. The number of aliphatic carboxylic acids is 1. The number of fused-ring (bicyclic) bond motifs is 3. The first-order chi connectivity index (χ1) is 12.4. The Hall–Kier alpha value is -3.35. The van der Waals surface area contributed by atoms with E-state index in [-0.39, 0.29) is 6.61 Å². The average Bonchev–Trinajstić information content (AvgIpc) is 2.62. The predicted molar refractivity (Wildman–Crippen MR) is 92.8 cm³/mol. The lowest BCUT2D eigenvalue weighted by Crippen LogP contribution is -2.47. The molecule has 1 N–H and O–H groups in total. The van der Waals surface area contributed by atoms with E-state index in [1.807, 2.05) is 12.1 Å². The molecule has 0 bridgehead atoms. The van der Waals surface area contributed by atoms with Gasteiger partial charge in [0.05, 0.1) is 17.4 Å². The van der Waals surface area contributed by atoms with Gasteiger partial charge in [0.15, 0.2) is 6.61 Å². The molecule has 0 spiro atoms. The van der Waals surface area contributed by atoms with Gasteiger partial charge in [-0.05, 0) is 37.4 Å². The maximum absolute atomic E-state index is 12.2. The minimum absolute atomic E-state index is 0.368. The molecular weight excluding hydrogens is 338 g/mol. The Morgan fingerprint density at radius 1 is 1.15 bits per heavy atom. The Morgan fingerprint density at radius 2 is 1.85 bits per heavy atom. The summed E-state index contributed by atoms with van der Waals surface area (Å²) in [6.07, 6.45) is 0. The van der Waals surface area contributed by atoms with Crippen LogP contribution in [0.3, 0.4) is 0 Å². The van der Waals surface area contributed by atoms with E-state index in [2.05, 4.69) is 5.32 Å². The number of carbonyl (C=O) groups excluding carboxylic acids is 2. The maximum Gasteiger partial charge on any atom is 0.344 e. The smallest absolute Gasteiger partial charge is 0.344 e. The van der Waals surface area contributed by atoms with Crippen molar-refractivity contribution in [2.24, 2.45) is 0 Å². The third-order valence-electron chi connectivity index (χ3n) is 4.08. The van der Waals surface area contributed by atoms with Gasteiger partial charge < -0.3 is 24.4 Å². The second kappa shape index (κ2) is 6.87. The molecular formula is C19H16NO6-. The van der Waals surface area contributed by atoms with Gasteiger partial charge in [0, 0.05) is 10.9 Å². The molecule has 1 amide bonds. The number of carboxylic acids is 1. The standard InChI is InChI=1S/C19H17NO6/c1-10-15(25-9-16(21)20-11(2)18(22)23)8-7-13-12-5-3-4-6-14(12)19(24)26-17(10)13/h3-8,11H,9H2,1-2H3,(H,20,21)(H,22,23)/p-1/t11-/m0/s1. The summed E-state index contributed by atoms with van der Waals surface area (Å²) in [6.45, 7) is 2.65. The quantitative estimate of drug-likeness (QED) is 0.538. The summed E-state index contributed by atoms with van der Waals surface area (Å²) < 4.78 is 10.9. The number of carboxylic acid groups (broad SMARTS) is 1. The number of benzene rings is 2. The summed E-state index contributed by atoms with van der Waals surface area (Å²) in [6, 6.07) is 9.45. The van der Waals surface area contributed by atoms with Crippen molar-refractivity contribution in [3.63, 3.8) is 0 Å². The number of hydrogen-bond donors (Lipinski definition) is 1. The zero-order valence-corrected chi connectivity index (χ0v) is 14.2. The molecule has 3 rings (SSSR count). The van der Waals surface area contributed by atoms with Gasteiger partial charge in [0.1, 0.15) is 11.3 Å². The van der Waals surface area contributed by atoms with E-state index >= 15 is 0 Å². The Labute approximate surface area is 148 Å². The first-order valence-corrected chi connectivity index (χ1v) is 7.96. The van der Waals surface area contributed by atoms with Crippen molar-refractivity contribution < 1.29 is 23.8 Å². The first-order valence-electron chi connectivity index (χ1n) is 7.96. The van der Waals surface area contributed by atoms with E-state index in [0.717, 1.165) is 10.8 Å². The van der Waals surface area contributed by atoms with Crippen molar-refractivity contribution in [2.45, 2.75) is 19.9 Å². The molecule has 26 heavy (non-hydrogen) atoms. The van der Waals surface area contributed by atoms with Crippen LogP contribution in [-0.4, -0.2) is 24.5 Å². The van der Waals surface area contributed by atoms with Crippen LogP contribution in [0.2, 0.25) is 0 Å². The molecule has 0 aliphatic heterocycles. The van der Waals surface area contributed by atoms with Crippen LogP contribution in [0, 0.1) is 6.92 Å². The molecule has 7 nitrogen and oxygen atoms in total. The van der Waals surface area contributed by atoms with Gasteiger partial charge in [-0.25, -0.2) is 4.79 Å². The van der Waals surface area contributed by atoms with E-state index in [0.29, 0.717) is 22.3 Å². The summed E-state index contributed by atoms with van der Waals surface area (Å²) >= 11 is 0. The van der Waals surface area contributed by atoms with Crippen LogP contribution < -0.4 is 20.8 Å². The van der Waals surface area contributed by atoms with Crippen LogP contribution in [0.25, 0.3) is 21.7 Å². The third kappa shape index (κ3) is 3.23. The van der Waals surface area contributed by atoms with E-state index in [4.69, 9.17) is 9.15 Å². The van der Waals surface area contributed by atoms with Crippen molar-refractivity contribution in [3.05, 3.63) is 52.4 Å². The largest absolute Gasteiger partial charge is 0.548 e. The number of aryl methyl sites for hydroxylation is 1. The molecule has 7 heteroatoms. The normalized spacial score (nSPS) is 12.1. The highest BCUT2D eigenvalue weighted by molar-refractivity contribution is 6.05. The minimum atomic E-state index is -1.38. The number of carbonyl (C=O) groups is 2. The van der Waals surface area contributed by atoms with Crippen LogP contribution in [0.5, 0.6) is 5.75 Å². The van der Waals surface area contributed by atoms with Crippen LogP contribution in [0.4, 0.5) is 0 Å². The summed E-state index contributed by atoms with van der Waals surface area (Å²) in [7, 11) is 0. The van der Waals surface area contributed by atoms with Crippen LogP contribution >= 0.6 is 0 Å². The molecule has 134 valence electrons. The fraction of sp³-hybridized carbons (Fsp3) is 0.211. The van der Waals surface area contributed by atoms with Gasteiger partial charge >= 0.3 is 5.63 Å². The van der Waals surface area contributed by atoms with Crippen molar-refractivity contribution in [2.75, 3.05) is 6.61 Å². The number of hydrogen-bond acceptors (Lipinski definition) is 6. The highest BCUT2D eigenvalue weighted by Gasteiger charge is 2.14. The molecule has 0 fully saturated rings. The molecule has 3 aromatic rings. The summed E-state index contributed by atoms with van der Waals surface area (Å²) in [5.74, 6) is -1.61. The molecule has 0 aliphatic rings. The molecule has 0 saturated heterocycles. The fourth-order valence-electron chi connectivity index (χ4n) is 2.70. The molecule has 0 unspecified atom stereocenters. The molecule has 0 radical (unpaired) electrons.